The van der Waals surface area contributed by atoms with Crippen molar-refractivity contribution in [3.05, 3.63) is 36.0 Å². The number of aromatic nitrogens is 1. The molecule has 0 radical (unpaired) electrons. The highest BCUT2D eigenvalue weighted by atomic mass is 16.4. The number of H-pyrrole nitrogens is 1. The number of aliphatic hydroxyl groups excluding tert-OH is 1. The highest BCUT2D eigenvalue weighted by molar-refractivity contribution is 6.00. The van der Waals surface area contributed by atoms with E-state index in [-0.39, 0.29) is 32.4 Å². The molecule has 0 aliphatic heterocycles. The van der Waals surface area contributed by atoms with Gasteiger partial charge in [-0.25, -0.2) is 0 Å². The summed E-state index contributed by atoms with van der Waals surface area (Å²) in [5, 5.41) is 42.7. The number of hydrogen-bond acceptors (Lipinski definition) is 15. The fourth-order valence-corrected chi connectivity index (χ4v) is 7.24. The number of hydrogen-bond donors (Lipinski definition) is 16. The smallest absolute Gasteiger partial charge is 0.305 e. The maximum Gasteiger partial charge on any atom is 0.305 e. The molecule has 10 atom stereocenters. The van der Waals surface area contributed by atoms with Crippen LogP contribution < -0.4 is 70.8 Å². The van der Waals surface area contributed by atoms with E-state index in [2.05, 4.69) is 52.8 Å². The lowest BCUT2D eigenvalue weighted by Crippen LogP contribution is -2.62. The summed E-state index contributed by atoms with van der Waals surface area (Å²) in [6.45, 7) is 9.97. The van der Waals surface area contributed by atoms with Gasteiger partial charge in [0.25, 0.3) is 0 Å². The van der Waals surface area contributed by atoms with E-state index in [1.807, 2.05) is 24.3 Å². The first-order valence-corrected chi connectivity index (χ1v) is 23.7. The third-order valence-electron chi connectivity index (χ3n) is 11.4. The minimum atomic E-state index is -1.85. The first-order valence-electron chi connectivity index (χ1n) is 23.7. The predicted molar refractivity (Wildman–Crippen MR) is 265 cm³/mol. The van der Waals surface area contributed by atoms with Crippen molar-refractivity contribution in [3.63, 3.8) is 0 Å². The Balaban J connectivity index is 2.16. The molecule has 1 aromatic carbocycles. The number of carboxylic acid groups (broad SMARTS) is 1. The molecule has 0 spiro atoms. The Labute approximate surface area is 426 Å². The number of rotatable bonds is 32. The number of aromatic amines is 1. The van der Waals surface area contributed by atoms with E-state index in [1.165, 1.54) is 27.7 Å². The van der Waals surface area contributed by atoms with E-state index in [9.17, 15) is 67.7 Å². The van der Waals surface area contributed by atoms with Gasteiger partial charge in [-0.15, -0.1) is 0 Å². The van der Waals surface area contributed by atoms with Crippen LogP contribution in [-0.4, -0.2) is 160 Å². The predicted octanol–water partition coefficient (Wildman–Crippen LogP) is -5.66. The van der Waals surface area contributed by atoms with Gasteiger partial charge in [0.15, 0.2) is 0 Å². The van der Waals surface area contributed by atoms with Crippen molar-refractivity contribution in [3.8, 4) is 0 Å². The lowest BCUT2D eigenvalue weighted by molar-refractivity contribution is -0.141. The van der Waals surface area contributed by atoms with Crippen LogP contribution in [0, 0.1) is 11.8 Å². The van der Waals surface area contributed by atoms with Gasteiger partial charge in [0.05, 0.1) is 25.0 Å². The minimum Gasteiger partial charge on any atom is -0.481 e. The number of amides is 11. The van der Waals surface area contributed by atoms with Crippen LogP contribution in [0.2, 0.25) is 0 Å². The Morgan fingerprint density at radius 3 is 1.51 bits per heavy atom. The summed E-state index contributed by atoms with van der Waals surface area (Å²) in [4.78, 5) is 158. The number of nitrogens with two attached hydrogens (primary N) is 4. The second-order valence-electron chi connectivity index (χ2n) is 18.4. The average molecular weight is 1050 g/mol. The van der Waals surface area contributed by atoms with Crippen LogP contribution in [0.1, 0.15) is 79.7 Å². The minimum absolute atomic E-state index is 0.0492. The molecule has 11 amide bonds. The standard InChI is InChI=1S/C46H72N14O14/c1-20(2)35(44(72)53-22(5)39(67)55-29(38(50)66)16-25-19-52-27-11-9-8-10-26(25)27)58-40(68)23(6)54-46(74)37(24(7)61)60-42(70)30(17-33(49)63)57-45(73)36(21(3)4)59-43(71)31(18-34(64)65)56-41(69)28(51-15-14-47)12-13-32(48)62/h8-11,19-24,28-31,35-37,51-52,61H,12-18,47H2,1-7H3,(H2,48,62)(H2,49,63)(H2,50,66)(H,53,72)(H,54,74)(H,55,67)(H,56,69)(H,57,73)(H,58,68)(H,59,71)(H,60,70)(H,64,65)/t22-,23-,24-,28-,29+,30?,31-,35?,36?,37?/m0/s1. The van der Waals surface area contributed by atoms with Crippen molar-refractivity contribution in [2.24, 2.45) is 34.8 Å². The second-order valence-corrected chi connectivity index (χ2v) is 18.4. The maximum atomic E-state index is 13.7. The zero-order valence-corrected chi connectivity index (χ0v) is 42.4. The highest BCUT2D eigenvalue weighted by Gasteiger charge is 2.37. The molecule has 0 bridgehead atoms. The van der Waals surface area contributed by atoms with E-state index in [1.54, 1.807) is 20.0 Å². The molecular formula is C46H72N14O14. The van der Waals surface area contributed by atoms with Gasteiger partial charge >= 0.3 is 5.97 Å². The zero-order valence-electron chi connectivity index (χ0n) is 42.4. The van der Waals surface area contributed by atoms with Crippen molar-refractivity contribution in [1.29, 1.82) is 0 Å². The molecule has 20 N–H and O–H groups in total. The van der Waals surface area contributed by atoms with Gasteiger partial charge in [-0.05, 0) is 50.7 Å². The van der Waals surface area contributed by atoms with Gasteiger partial charge in [0.1, 0.15) is 48.3 Å². The second kappa shape index (κ2) is 29.7. The molecule has 74 heavy (non-hydrogen) atoms. The van der Waals surface area contributed by atoms with E-state index >= 15 is 0 Å². The third-order valence-corrected chi connectivity index (χ3v) is 11.4. The number of para-hydroxylation sites is 1. The molecule has 0 saturated carbocycles. The Kier molecular flexibility index (Phi) is 25.1. The number of aliphatic hydroxyl groups is 1. The molecule has 2 aromatic rings. The van der Waals surface area contributed by atoms with Crippen LogP contribution in [0.15, 0.2) is 30.5 Å². The van der Waals surface area contributed by atoms with Crippen LogP contribution in [-0.2, 0) is 64.0 Å². The molecule has 2 rings (SSSR count). The normalized spacial score (nSPS) is 15.3. The van der Waals surface area contributed by atoms with E-state index in [0.29, 0.717) is 5.56 Å². The van der Waals surface area contributed by atoms with Gasteiger partial charge in [0.2, 0.25) is 65.0 Å². The summed E-state index contributed by atoms with van der Waals surface area (Å²) in [5.41, 5.74) is 23.2. The van der Waals surface area contributed by atoms with Crippen LogP contribution >= 0.6 is 0 Å². The van der Waals surface area contributed by atoms with Crippen molar-refractivity contribution in [1.82, 2.24) is 52.8 Å². The number of primary amides is 3. The summed E-state index contributed by atoms with van der Waals surface area (Å²) < 4.78 is 0. The lowest BCUT2D eigenvalue weighted by atomic mass is 10.0. The third kappa shape index (κ3) is 20.1. The lowest BCUT2D eigenvalue weighted by Gasteiger charge is -2.29. The van der Waals surface area contributed by atoms with Crippen molar-refractivity contribution in [2.75, 3.05) is 13.1 Å². The number of carbonyl (C=O) groups excluding carboxylic acids is 11. The van der Waals surface area contributed by atoms with Crippen LogP contribution in [0.4, 0.5) is 0 Å². The van der Waals surface area contributed by atoms with Crippen molar-refractivity contribution >= 4 is 81.9 Å². The molecule has 1 heterocycles. The fourth-order valence-electron chi connectivity index (χ4n) is 7.24. The first-order chi connectivity index (χ1) is 34.6. The largest absolute Gasteiger partial charge is 0.481 e. The summed E-state index contributed by atoms with van der Waals surface area (Å²) in [5.74, 6) is -13.5. The maximum absolute atomic E-state index is 13.7. The van der Waals surface area contributed by atoms with Gasteiger partial charge in [-0.2, -0.15) is 0 Å². The van der Waals surface area contributed by atoms with E-state index in [4.69, 9.17) is 22.9 Å². The van der Waals surface area contributed by atoms with Gasteiger partial charge in [-0.3, -0.25) is 57.5 Å². The Bertz CT molecular complexity index is 2360. The Hall–Kier alpha value is -7.72. The zero-order chi connectivity index (χ0) is 56.1. The monoisotopic (exact) mass is 1040 g/mol. The Morgan fingerprint density at radius 2 is 1.01 bits per heavy atom. The molecule has 0 aliphatic rings. The molecule has 0 fully saturated rings. The SMILES string of the molecule is CC(C)C(NC(=O)[C@H](C)NC(=O)C(NC(=O)C(CC(N)=O)NC(=O)C(NC(=O)[C@H](CC(=O)O)NC(=O)[C@H](CCC(N)=O)NCCN)C(C)C)[C@H](C)O)C(=O)N[C@@H](C)C(=O)N[C@H](Cc1c[nH]c2ccccc12)C(N)=O. The molecule has 0 saturated heterocycles. The van der Waals surface area contributed by atoms with E-state index in [0.717, 1.165) is 17.8 Å². The van der Waals surface area contributed by atoms with Gasteiger partial charge < -0.3 is 86.0 Å². The molecule has 1 aromatic heterocycles. The molecule has 410 valence electrons. The van der Waals surface area contributed by atoms with Crippen molar-refractivity contribution in [2.45, 2.75) is 141 Å². The summed E-state index contributed by atoms with van der Waals surface area (Å²) in [7, 11) is 0. The fraction of sp³-hybridized carbons (Fsp3) is 0.565. The highest BCUT2D eigenvalue weighted by Crippen LogP contribution is 2.19. The Morgan fingerprint density at radius 1 is 0.554 bits per heavy atom. The van der Waals surface area contributed by atoms with E-state index < -0.39 is 156 Å². The number of fused-ring (bicyclic) bond motifs is 1. The number of carboxylic acids is 1. The van der Waals surface area contributed by atoms with Gasteiger partial charge in [-0.1, -0.05) is 45.9 Å². The number of aliphatic carboxylic acids is 1. The average Bonchev–Trinajstić information content (AvgIpc) is 3.71. The summed E-state index contributed by atoms with van der Waals surface area (Å²) >= 11 is 0. The first kappa shape index (κ1) is 62.4. The summed E-state index contributed by atoms with van der Waals surface area (Å²) in [6, 6.07) is -5.92. The molecule has 28 heteroatoms. The van der Waals surface area contributed by atoms with Crippen LogP contribution in [0.3, 0.4) is 0 Å². The molecular weight excluding hydrogens is 973 g/mol. The van der Waals surface area contributed by atoms with Gasteiger partial charge in [0, 0.05) is 43.0 Å². The number of nitrogens with one attached hydrogen (secondary N) is 10. The van der Waals surface area contributed by atoms with Crippen LogP contribution in [0.5, 0.6) is 0 Å². The van der Waals surface area contributed by atoms with Crippen molar-refractivity contribution < 1.29 is 67.7 Å². The molecule has 4 unspecified atom stereocenters. The molecule has 28 nitrogen and oxygen atoms in total. The summed E-state index contributed by atoms with van der Waals surface area (Å²) in [6.07, 6.45) is -2.15. The number of benzene rings is 1. The quantitative estimate of drug-likeness (QED) is 0.0325. The number of carbonyl (C=O) groups is 12. The molecule has 0 aliphatic carbocycles. The topological polar surface area (TPSA) is 473 Å². The van der Waals surface area contributed by atoms with Crippen LogP contribution in [0.25, 0.3) is 10.9 Å².